The van der Waals surface area contributed by atoms with Crippen LogP contribution in [-0.4, -0.2) is 21.0 Å². The topological polar surface area (TPSA) is 81.0 Å². The molecular formula is C4H7N6S+. The molecule has 0 aliphatic rings. The van der Waals surface area contributed by atoms with E-state index in [-0.39, 0.29) is 0 Å². The molecule has 0 radical (unpaired) electrons. The first-order valence-electron chi connectivity index (χ1n) is 2.80. The molecule has 1 aromatic heterocycles. The lowest BCUT2D eigenvalue weighted by atomic mass is 11.0. The van der Waals surface area contributed by atoms with Gasteiger partial charge in [0.1, 0.15) is 5.53 Å². The molecule has 6 nitrogen and oxygen atoms in total. The van der Waals surface area contributed by atoms with Crippen molar-refractivity contribution in [3.63, 3.8) is 0 Å². The van der Waals surface area contributed by atoms with E-state index in [4.69, 9.17) is 5.53 Å². The molecule has 0 spiro atoms. The van der Waals surface area contributed by atoms with Crippen LogP contribution in [0.15, 0.2) is 10.3 Å². The lowest BCUT2D eigenvalue weighted by molar-refractivity contribution is 0.731. The van der Waals surface area contributed by atoms with Crippen LogP contribution in [0.1, 0.15) is 0 Å². The zero-order valence-electron chi connectivity index (χ0n) is 6.14. The van der Waals surface area contributed by atoms with Gasteiger partial charge < -0.3 is 0 Å². The second kappa shape index (κ2) is 3.27. The molecule has 0 aliphatic carbocycles. The number of nitrogens with zero attached hydrogens (tertiary/aromatic N) is 5. The third-order valence-electron chi connectivity index (χ3n) is 1.04. The van der Waals surface area contributed by atoms with E-state index in [2.05, 4.69) is 20.1 Å². The highest BCUT2D eigenvalue weighted by Gasteiger charge is 2.07. The Balaban J connectivity index is 3.06. The molecule has 1 rings (SSSR count). The molecule has 11 heavy (non-hydrogen) atoms. The van der Waals surface area contributed by atoms with E-state index in [0.717, 1.165) is 0 Å². The molecule has 7 heteroatoms. The van der Waals surface area contributed by atoms with Gasteiger partial charge in [-0.2, -0.15) is 4.98 Å². The molecular weight excluding hydrogens is 164 g/mol. The van der Waals surface area contributed by atoms with E-state index in [9.17, 15) is 0 Å². The zero-order valence-corrected chi connectivity index (χ0v) is 6.96. The Morgan fingerprint density at radius 2 is 2.45 bits per heavy atom. The smallest absolute Gasteiger partial charge is 0.226 e. The highest BCUT2D eigenvalue weighted by molar-refractivity contribution is 7.98. The van der Waals surface area contributed by atoms with Gasteiger partial charge >= 0.3 is 5.95 Å². The third kappa shape index (κ3) is 1.63. The van der Waals surface area contributed by atoms with Gasteiger partial charge in [0.05, 0.1) is 0 Å². The first-order valence-corrected chi connectivity index (χ1v) is 4.03. The lowest BCUT2D eigenvalue weighted by Crippen LogP contribution is -1.88. The second-order valence-corrected chi connectivity index (χ2v) is 2.50. The Morgan fingerprint density at radius 1 is 1.73 bits per heavy atom. The Kier molecular flexibility index (Phi) is 2.35. The van der Waals surface area contributed by atoms with Crippen LogP contribution in [-0.2, 0) is 7.05 Å². The van der Waals surface area contributed by atoms with Gasteiger partial charge in [-0.25, -0.2) is 4.68 Å². The highest BCUT2D eigenvalue weighted by Crippen LogP contribution is 2.13. The van der Waals surface area contributed by atoms with Gasteiger partial charge in [-0.15, -0.1) is 5.10 Å². The average molecular weight is 171 g/mol. The van der Waals surface area contributed by atoms with Crippen LogP contribution in [0.25, 0.3) is 0 Å². The van der Waals surface area contributed by atoms with Gasteiger partial charge in [-0.3, -0.25) is 0 Å². The van der Waals surface area contributed by atoms with Crippen molar-refractivity contribution >= 4 is 17.7 Å². The quantitative estimate of drug-likeness (QED) is 0.404. The molecule has 0 amide bonds. The predicted octanol–water partition coefficient (Wildman–Crippen LogP) is 0.719. The molecule has 0 fully saturated rings. The summed E-state index contributed by atoms with van der Waals surface area (Å²) in [6, 6.07) is 0. The first kappa shape index (κ1) is 7.90. The van der Waals surface area contributed by atoms with Gasteiger partial charge in [0, 0.05) is 7.05 Å². The van der Waals surface area contributed by atoms with Crippen LogP contribution < -0.4 is 4.91 Å². The highest BCUT2D eigenvalue weighted by atomic mass is 32.2. The van der Waals surface area contributed by atoms with Crippen molar-refractivity contribution < 1.29 is 0 Å². The maximum absolute atomic E-state index is 6.47. The van der Waals surface area contributed by atoms with Gasteiger partial charge in [-0.05, 0) is 6.26 Å². The minimum atomic E-state index is 0.351. The number of thioether (sulfide) groups is 1. The third-order valence-corrected chi connectivity index (χ3v) is 1.58. The van der Waals surface area contributed by atoms with Gasteiger partial charge in [0.2, 0.25) is 10.1 Å². The molecule has 0 aliphatic heterocycles. The van der Waals surface area contributed by atoms with E-state index in [1.165, 1.54) is 16.4 Å². The van der Waals surface area contributed by atoms with Gasteiger partial charge in [-0.1, -0.05) is 11.8 Å². The number of aromatic nitrogens is 3. The zero-order chi connectivity index (χ0) is 8.27. The summed E-state index contributed by atoms with van der Waals surface area (Å²) in [6.45, 7) is 0. The van der Waals surface area contributed by atoms with E-state index < -0.39 is 0 Å². The number of hydrogen-bond donors (Lipinski definition) is 1. The van der Waals surface area contributed by atoms with E-state index in [0.29, 0.717) is 11.1 Å². The Bertz CT molecular complexity index is 298. The molecule has 1 heterocycles. The normalized spacial score (nSPS) is 9.27. The monoisotopic (exact) mass is 171 g/mol. The molecule has 58 valence electrons. The molecule has 0 unspecified atom stereocenters. The van der Waals surface area contributed by atoms with Crippen molar-refractivity contribution in [1.29, 1.82) is 5.53 Å². The van der Waals surface area contributed by atoms with Crippen LogP contribution in [0.2, 0.25) is 0 Å². The minimum absolute atomic E-state index is 0.351. The largest absolute Gasteiger partial charge is 0.335 e. The first-order chi connectivity index (χ1) is 5.27. The molecule has 0 saturated carbocycles. The molecule has 0 saturated heterocycles. The lowest BCUT2D eigenvalue weighted by Gasteiger charge is -1.81. The SMILES string of the molecule is CSc1nc(N=[N+]=N)n(C)n1. The van der Waals surface area contributed by atoms with Crippen molar-refractivity contribution in [2.75, 3.05) is 6.26 Å². The Labute approximate surface area is 67.2 Å². The van der Waals surface area contributed by atoms with Crippen LogP contribution in [0.3, 0.4) is 0 Å². The summed E-state index contributed by atoms with van der Waals surface area (Å²) in [6.07, 6.45) is 1.87. The number of nitrogens with one attached hydrogen (secondary N) is 1. The summed E-state index contributed by atoms with van der Waals surface area (Å²) in [5.41, 5.74) is 6.47. The fourth-order valence-electron chi connectivity index (χ4n) is 0.572. The van der Waals surface area contributed by atoms with Crippen molar-refractivity contribution in [3.05, 3.63) is 0 Å². The van der Waals surface area contributed by atoms with Crippen molar-refractivity contribution in [1.82, 2.24) is 19.7 Å². The predicted molar refractivity (Wildman–Crippen MR) is 39.7 cm³/mol. The van der Waals surface area contributed by atoms with E-state index >= 15 is 0 Å². The van der Waals surface area contributed by atoms with Crippen LogP contribution >= 0.6 is 11.8 Å². The van der Waals surface area contributed by atoms with Crippen LogP contribution in [0.5, 0.6) is 0 Å². The van der Waals surface area contributed by atoms with Crippen molar-refractivity contribution in [3.8, 4) is 0 Å². The molecule has 0 bridgehead atoms. The minimum Gasteiger partial charge on any atom is -0.226 e. The summed E-state index contributed by atoms with van der Waals surface area (Å²) in [7, 11) is 1.71. The Morgan fingerprint density at radius 3 is 2.91 bits per heavy atom. The summed E-state index contributed by atoms with van der Waals surface area (Å²) in [5.74, 6) is 0.351. The number of aryl methyl sites for hydroxylation is 1. The van der Waals surface area contributed by atoms with Crippen LogP contribution in [0.4, 0.5) is 5.95 Å². The van der Waals surface area contributed by atoms with Gasteiger partial charge in [0.15, 0.2) is 5.11 Å². The fourth-order valence-corrected chi connectivity index (χ4v) is 0.949. The Hall–Kier alpha value is -1.20. The van der Waals surface area contributed by atoms with E-state index in [1.54, 1.807) is 7.05 Å². The summed E-state index contributed by atoms with van der Waals surface area (Å²) < 4.78 is 1.48. The van der Waals surface area contributed by atoms with Crippen molar-refractivity contribution in [2.24, 2.45) is 12.2 Å². The molecule has 1 N–H and O–H groups in total. The summed E-state index contributed by atoms with van der Waals surface area (Å²) >= 11 is 1.42. The van der Waals surface area contributed by atoms with Crippen LogP contribution in [0, 0.1) is 5.53 Å². The van der Waals surface area contributed by atoms with E-state index in [1.807, 2.05) is 6.26 Å². The second-order valence-electron chi connectivity index (χ2n) is 1.72. The average Bonchev–Trinajstić information content (AvgIpc) is 2.33. The maximum Gasteiger partial charge on any atom is 0.335 e. The standard InChI is InChI=1S/C4H7N6S/c1-10-3(7-9-5)6-4(8-10)11-2/h5H,1-2H3/q+1. The summed E-state index contributed by atoms with van der Waals surface area (Å²) in [4.78, 5) is 6.81. The van der Waals surface area contributed by atoms with Crippen molar-refractivity contribution in [2.45, 2.75) is 5.16 Å². The number of rotatable bonds is 2. The fraction of sp³-hybridized carbons (Fsp3) is 0.500. The molecule has 1 aromatic rings. The number of hydrogen-bond acceptors (Lipinski definition) is 5. The van der Waals surface area contributed by atoms with Gasteiger partial charge in [0.25, 0.3) is 0 Å². The summed E-state index contributed by atoms with van der Waals surface area (Å²) in [5, 5.41) is 8.06. The molecule has 0 aromatic carbocycles. The maximum atomic E-state index is 6.47. The molecule has 0 atom stereocenters.